The van der Waals surface area contributed by atoms with Crippen LogP contribution in [0.5, 0.6) is 0 Å². The van der Waals surface area contributed by atoms with Gasteiger partial charge in [0.2, 0.25) is 18.5 Å². The molecule has 0 unspecified atom stereocenters. The summed E-state index contributed by atoms with van der Waals surface area (Å²) in [6.45, 7) is 0. The molecule has 0 aliphatic heterocycles. The zero-order valence-electron chi connectivity index (χ0n) is 5.87. The van der Waals surface area contributed by atoms with Crippen molar-refractivity contribution in [1.82, 2.24) is 0 Å². The second-order valence-electron chi connectivity index (χ2n) is 0.798. The normalized spacial score (nSPS) is 5.54. The summed E-state index contributed by atoms with van der Waals surface area (Å²) in [4.78, 5) is 25.3. The van der Waals surface area contributed by atoms with E-state index in [0.717, 1.165) is 0 Å². The van der Waals surface area contributed by atoms with Gasteiger partial charge in [-0.15, -0.1) is 0 Å². The maximum atomic E-state index is 8.44. The third-order valence-electron chi connectivity index (χ3n) is 0. The van der Waals surface area contributed by atoms with Gasteiger partial charge in [-0.1, -0.05) is 0 Å². The van der Waals surface area contributed by atoms with Crippen LogP contribution in [0.4, 0.5) is 14.4 Å². The van der Waals surface area contributed by atoms with Gasteiger partial charge in [0.25, 0.3) is 0 Å². The molecule has 0 aromatic rings. The minimum absolute atomic E-state index is 0. The molecule has 0 atom stereocenters. The molecule has 0 aromatic heterocycles. The van der Waals surface area contributed by atoms with Gasteiger partial charge < -0.3 is 45.0 Å². The molecule has 3 N–H and O–H groups in total. The summed E-state index contributed by atoms with van der Waals surface area (Å²) in [5.74, 6) is 0. The molecule has 72 valence electrons. The number of carboxylic acid groups (broad SMARTS) is 6. The van der Waals surface area contributed by atoms with Crippen molar-refractivity contribution in [1.29, 1.82) is 0 Å². The van der Waals surface area contributed by atoms with Crippen LogP contribution in [0.3, 0.4) is 0 Å². The topological polar surface area (TPSA) is 181 Å². The molecular formula is C3H3O9Y. The summed E-state index contributed by atoms with van der Waals surface area (Å²) in [5, 5.41) is 45.9. The first kappa shape index (κ1) is 22.7. The Hall–Kier alpha value is -1.09. The molecule has 0 rings (SSSR count). The van der Waals surface area contributed by atoms with Gasteiger partial charge in [-0.05, 0) is 0 Å². The molecule has 13 heavy (non-hydrogen) atoms. The van der Waals surface area contributed by atoms with Gasteiger partial charge in [-0.3, -0.25) is 0 Å². The summed E-state index contributed by atoms with van der Waals surface area (Å²) in [6.07, 6.45) is -6.25. The van der Waals surface area contributed by atoms with Crippen LogP contribution in [-0.2, 0) is 32.7 Å². The third-order valence-corrected chi connectivity index (χ3v) is 0. The summed E-state index contributed by atoms with van der Waals surface area (Å²) in [6, 6.07) is 0. The minimum atomic E-state index is -2.08. The SMILES string of the molecule is O=C([O-])O.O=C([O-])O.O=C([O-])O.[Y+3]. The molecule has 0 aromatic carbocycles. The second kappa shape index (κ2) is 17.1. The molecule has 0 fully saturated rings. The van der Waals surface area contributed by atoms with Crippen LogP contribution in [0, 0.1) is 0 Å². The first-order valence-corrected chi connectivity index (χ1v) is 1.90. The average Bonchev–Trinajstić information content (AvgIpc) is 1.54. The van der Waals surface area contributed by atoms with Gasteiger partial charge in [0.15, 0.2) is 0 Å². The first-order chi connectivity index (χ1) is 5.20. The van der Waals surface area contributed by atoms with E-state index in [1.54, 1.807) is 0 Å². The Bertz CT molecular complexity index is 112. The quantitative estimate of drug-likeness (QED) is 0.405. The summed E-state index contributed by atoms with van der Waals surface area (Å²) in [7, 11) is 0. The zero-order chi connectivity index (χ0) is 10.7. The van der Waals surface area contributed by atoms with Crippen LogP contribution in [0.25, 0.3) is 0 Å². The fourth-order valence-corrected chi connectivity index (χ4v) is 0. The van der Waals surface area contributed by atoms with Crippen molar-refractivity contribution in [2.24, 2.45) is 0 Å². The molecule has 0 aliphatic rings. The fraction of sp³-hybridized carbons (Fsp3) is 0. The van der Waals surface area contributed by atoms with E-state index in [0.29, 0.717) is 0 Å². The maximum Gasteiger partial charge on any atom is 3.00 e. The van der Waals surface area contributed by atoms with E-state index >= 15 is 0 Å². The Morgan fingerprint density at radius 1 is 0.692 bits per heavy atom. The molecule has 0 spiro atoms. The first-order valence-electron chi connectivity index (χ1n) is 1.90. The van der Waals surface area contributed by atoms with Crippen molar-refractivity contribution < 1.29 is 77.7 Å². The van der Waals surface area contributed by atoms with Gasteiger partial charge in [-0.25, -0.2) is 0 Å². The Balaban J connectivity index is -0.0000000450. The molecule has 0 aliphatic carbocycles. The van der Waals surface area contributed by atoms with Crippen LogP contribution in [0.1, 0.15) is 0 Å². The molecule has 0 amide bonds. The largest absolute Gasteiger partial charge is 3.00 e. The minimum Gasteiger partial charge on any atom is -0.565 e. The third kappa shape index (κ3) is 735. The van der Waals surface area contributed by atoms with Gasteiger partial charge in [-0.2, -0.15) is 0 Å². The summed E-state index contributed by atoms with van der Waals surface area (Å²) < 4.78 is 0. The van der Waals surface area contributed by atoms with E-state index in [-0.39, 0.29) is 32.7 Å². The Kier molecular flexibility index (Phi) is 29.9. The predicted molar refractivity (Wildman–Crippen MR) is 24.1 cm³/mol. The molecule has 0 radical (unpaired) electrons. The van der Waals surface area contributed by atoms with Crippen molar-refractivity contribution in [3.63, 3.8) is 0 Å². The van der Waals surface area contributed by atoms with Crippen molar-refractivity contribution in [2.75, 3.05) is 0 Å². The van der Waals surface area contributed by atoms with Crippen LogP contribution in [0.2, 0.25) is 0 Å². The van der Waals surface area contributed by atoms with Crippen molar-refractivity contribution >= 4 is 18.5 Å². The molecule has 0 bridgehead atoms. The number of hydrogen-bond acceptors (Lipinski definition) is 6. The van der Waals surface area contributed by atoms with Crippen LogP contribution in [-0.4, -0.2) is 33.8 Å². The van der Waals surface area contributed by atoms with Crippen molar-refractivity contribution in [3.05, 3.63) is 0 Å². The summed E-state index contributed by atoms with van der Waals surface area (Å²) in [5.41, 5.74) is 0. The van der Waals surface area contributed by atoms with Gasteiger partial charge in [0, 0.05) is 0 Å². The smallest absolute Gasteiger partial charge is 0.565 e. The van der Waals surface area contributed by atoms with Gasteiger partial charge >= 0.3 is 32.7 Å². The number of hydrogen-bond donors (Lipinski definition) is 3. The van der Waals surface area contributed by atoms with E-state index in [2.05, 4.69) is 0 Å². The second-order valence-corrected chi connectivity index (χ2v) is 0.798. The van der Waals surface area contributed by atoms with E-state index in [9.17, 15) is 0 Å². The standard InChI is InChI=1S/3CH2O3.Y/c3*2-1(3)4;/h3*(H2,2,3,4);/q;;;+3/p-3. The molecule has 9 nitrogen and oxygen atoms in total. The van der Waals surface area contributed by atoms with E-state index in [1.165, 1.54) is 0 Å². The van der Waals surface area contributed by atoms with Crippen LogP contribution < -0.4 is 15.3 Å². The van der Waals surface area contributed by atoms with E-state index < -0.39 is 18.5 Å². The molecule has 0 saturated heterocycles. The van der Waals surface area contributed by atoms with Crippen LogP contribution in [0.15, 0.2) is 0 Å². The Morgan fingerprint density at radius 3 is 0.692 bits per heavy atom. The van der Waals surface area contributed by atoms with Gasteiger partial charge in [0.05, 0.1) is 0 Å². The number of carbonyl (C=O) groups is 3. The fourth-order valence-electron chi connectivity index (χ4n) is 0. The van der Waals surface area contributed by atoms with Crippen molar-refractivity contribution in [2.45, 2.75) is 0 Å². The van der Waals surface area contributed by atoms with E-state index in [4.69, 9.17) is 45.0 Å². The molecule has 0 saturated carbocycles. The molecule has 10 heteroatoms. The van der Waals surface area contributed by atoms with Crippen molar-refractivity contribution in [3.8, 4) is 0 Å². The molecule has 0 heterocycles. The number of rotatable bonds is 0. The average molecular weight is 272 g/mol. The van der Waals surface area contributed by atoms with E-state index in [1.807, 2.05) is 0 Å². The monoisotopic (exact) mass is 272 g/mol. The Morgan fingerprint density at radius 2 is 0.692 bits per heavy atom. The van der Waals surface area contributed by atoms with Gasteiger partial charge in [0.1, 0.15) is 0 Å². The zero-order valence-corrected chi connectivity index (χ0v) is 8.71. The molecular weight excluding hydrogens is 269 g/mol. The predicted octanol–water partition coefficient (Wildman–Crippen LogP) is -3.34. The Labute approximate surface area is 96.1 Å². The maximum absolute atomic E-state index is 8.44. The summed E-state index contributed by atoms with van der Waals surface area (Å²) >= 11 is 0. The van der Waals surface area contributed by atoms with Crippen LogP contribution >= 0.6 is 0 Å².